The molecule has 0 aromatic heterocycles. The predicted octanol–water partition coefficient (Wildman–Crippen LogP) is 25.1. The quantitative estimate of drug-likeness (QED) is 0.0261. The highest BCUT2D eigenvalue weighted by Gasteiger charge is 2.19. The van der Waals surface area contributed by atoms with Crippen LogP contribution in [0.3, 0.4) is 0 Å². The van der Waals surface area contributed by atoms with Gasteiger partial charge in [0, 0.05) is 19.3 Å². The summed E-state index contributed by atoms with van der Waals surface area (Å²) in [5.74, 6) is -0.853. The van der Waals surface area contributed by atoms with E-state index in [4.69, 9.17) is 14.2 Å². The van der Waals surface area contributed by atoms with Crippen LogP contribution in [0.1, 0.15) is 387 Å². The predicted molar refractivity (Wildman–Crippen MR) is 358 cm³/mol. The molecule has 0 fully saturated rings. The van der Waals surface area contributed by atoms with Crippen LogP contribution in [0.25, 0.3) is 0 Å². The van der Waals surface area contributed by atoms with Gasteiger partial charge in [-0.05, 0) is 77.0 Å². The van der Waals surface area contributed by atoms with Crippen molar-refractivity contribution in [3.05, 3.63) is 60.8 Å². The summed E-state index contributed by atoms with van der Waals surface area (Å²) in [4.78, 5) is 38.3. The van der Waals surface area contributed by atoms with Crippen LogP contribution in [-0.2, 0) is 28.6 Å². The molecule has 82 heavy (non-hydrogen) atoms. The molecule has 0 aliphatic carbocycles. The van der Waals surface area contributed by atoms with Crippen molar-refractivity contribution >= 4 is 17.9 Å². The zero-order chi connectivity index (χ0) is 59.2. The number of carbonyl (C=O) groups is 3. The van der Waals surface area contributed by atoms with E-state index < -0.39 is 6.10 Å². The van der Waals surface area contributed by atoms with E-state index in [2.05, 4.69) is 81.5 Å². The first kappa shape index (κ1) is 79.1. The van der Waals surface area contributed by atoms with Gasteiger partial charge in [0.2, 0.25) is 0 Å². The molecule has 478 valence electrons. The van der Waals surface area contributed by atoms with Crippen molar-refractivity contribution in [1.82, 2.24) is 0 Å². The van der Waals surface area contributed by atoms with E-state index in [0.717, 1.165) is 89.9 Å². The minimum absolute atomic E-state index is 0.0697. The first-order valence-electron chi connectivity index (χ1n) is 36.3. The van der Waals surface area contributed by atoms with Crippen LogP contribution in [0.2, 0.25) is 0 Å². The Morgan fingerprint density at radius 3 is 0.793 bits per heavy atom. The van der Waals surface area contributed by atoms with Gasteiger partial charge in [0.25, 0.3) is 0 Å². The molecule has 0 bridgehead atoms. The third kappa shape index (κ3) is 67.9. The van der Waals surface area contributed by atoms with Crippen molar-refractivity contribution in [2.24, 2.45) is 0 Å². The fraction of sp³-hybridized carbons (Fsp3) is 0.829. The van der Waals surface area contributed by atoms with Gasteiger partial charge in [-0.1, -0.05) is 351 Å². The Labute approximate surface area is 510 Å². The van der Waals surface area contributed by atoms with Crippen LogP contribution in [0, 0.1) is 0 Å². The highest BCUT2D eigenvalue weighted by Crippen LogP contribution is 2.19. The molecule has 6 nitrogen and oxygen atoms in total. The normalized spacial score (nSPS) is 12.4. The monoisotopic (exact) mass is 1150 g/mol. The minimum Gasteiger partial charge on any atom is -0.462 e. The Bertz CT molecular complexity index is 1460. The summed E-state index contributed by atoms with van der Waals surface area (Å²) >= 11 is 0. The number of carbonyl (C=O) groups excluding carboxylic acids is 3. The highest BCUT2D eigenvalue weighted by molar-refractivity contribution is 5.71. The van der Waals surface area contributed by atoms with Crippen molar-refractivity contribution in [2.45, 2.75) is 393 Å². The molecule has 0 aromatic rings. The van der Waals surface area contributed by atoms with Crippen molar-refractivity contribution in [3.63, 3.8) is 0 Å². The molecule has 0 aliphatic rings. The fourth-order valence-electron chi connectivity index (χ4n) is 10.8. The molecule has 0 spiro atoms. The standard InChI is InChI=1S/C76H138O6/c1-4-7-10-13-16-19-22-24-26-28-30-31-32-33-34-35-36-37-38-39-40-41-42-43-44-45-46-48-49-51-54-57-60-63-66-69-75(78)81-72-73(71-80-74(77)68-65-62-59-56-53-21-18-15-12-9-6-3)82-76(79)70-67-64-61-58-55-52-50-47-29-27-25-23-20-17-14-11-8-5-2/h7,10,15-16,18-19,24,26,30-31,73H,4-6,8-9,11-14,17,20-23,25,27-29,32-72H2,1-3H3/b10-7-,18-15-,19-16-,26-24-,31-30-. The third-order valence-electron chi connectivity index (χ3n) is 16.3. The van der Waals surface area contributed by atoms with E-state index in [1.807, 2.05) is 0 Å². The van der Waals surface area contributed by atoms with E-state index in [1.165, 1.54) is 257 Å². The summed E-state index contributed by atoms with van der Waals surface area (Å²) in [5, 5.41) is 0. The van der Waals surface area contributed by atoms with Gasteiger partial charge >= 0.3 is 17.9 Å². The number of ether oxygens (including phenoxy) is 3. The van der Waals surface area contributed by atoms with E-state index >= 15 is 0 Å². The lowest BCUT2D eigenvalue weighted by atomic mass is 10.0. The van der Waals surface area contributed by atoms with Gasteiger partial charge in [0.05, 0.1) is 0 Å². The second-order valence-electron chi connectivity index (χ2n) is 24.5. The minimum atomic E-state index is -0.773. The Morgan fingerprint density at radius 1 is 0.256 bits per heavy atom. The topological polar surface area (TPSA) is 78.9 Å². The molecular weight excluding hydrogens is 1010 g/mol. The summed E-state index contributed by atoms with van der Waals surface area (Å²) in [5.41, 5.74) is 0. The average Bonchev–Trinajstić information content (AvgIpc) is 3.47. The molecule has 0 saturated carbocycles. The molecule has 0 aliphatic heterocycles. The average molecular weight is 1150 g/mol. The molecule has 1 unspecified atom stereocenters. The van der Waals surface area contributed by atoms with Gasteiger partial charge in [0.1, 0.15) is 13.2 Å². The SMILES string of the molecule is CC/C=C\C/C=C\C/C=C\C/C=C\CCCCCCCCCCCCCCCCCCCCCCCCC(=O)OCC(COC(=O)CCCCCCC/C=C\CCCC)OC(=O)CCCCCCCCCCCCCCCCCCCC. The van der Waals surface area contributed by atoms with Crippen LogP contribution >= 0.6 is 0 Å². The summed E-state index contributed by atoms with van der Waals surface area (Å²) in [6, 6.07) is 0. The fourth-order valence-corrected chi connectivity index (χ4v) is 10.8. The molecule has 0 amide bonds. The number of esters is 3. The Kier molecular flexibility index (Phi) is 68.1. The van der Waals surface area contributed by atoms with Gasteiger partial charge < -0.3 is 14.2 Å². The van der Waals surface area contributed by atoms with E-state index in [0.29, 0.717) is 19.3 Å². The molecule has 6 heteroatoms. The van der Waals surface area contributed by atoms with Crippen molar-refractivity contribution in [2.75, 3.05) is 13.2 Å². The van der Waals surface area contributed by atoms with Gasteiger partial charge in [-0.25, -0.2) is 0 Å². The van der Waals surface area contributed by atoms with Crippen LogP contribution in [0.15, 0.2) is 60.8 Å². The number of allylic oxidation sites excluding steroid dienone is 10. The lowest BCUT2D eigenvalue weighted by Gasteiger charge is -2.18. The van der Waals surface area contributed by atoms with Crippen LogP contribution < -0.4 is 0 Å². The molecule has 0 rings (SSSR count). The molecular formula is C76H138O6. The molecule has 0 N–H and O–H groups in total. The maximum atomic E-state index is 12.9. The summed E-state index contributed by atoms with van der Waals surface area (Å²) < 4.78 is 17.0. The van der Waals surface area contributed by atoms with Gasteiger partial charge in [0.15, 0.2) is 6.10 Å². The molecule has 0 radical (unpaired) electrons. The number of hydrogen-bond acceptors (Lipinski definition) is 6. The molecule has 1 atom stereocenters. The first-order chi connectivity index (χ1) is 40.5. The Hall–Kier alpha value is -2.89. The van der Waals surface area contributed by atoms with E-state index in [-0.39, 0.29) is 31.1 Å². The second-order valence-corrected chi connectivity index (χ2v) is 24.5. The van der Waals surface area contributed by atoms with Crippen molar-refractivity contribution in [3.8, 4) is 0 Å². The molecule has 0 aromatic carbocycles. The molecule has 0 heterocycles. The van der Waals surface area contributed by atoms with Crippen molar-refractivity contribution < 1.29 is 28.6 Å². The lowest BCUT2D eigenvalue weighted by Crippen LogP contribution is -2.30. The number of hydrogen-bond donors (Lipinski definition) is 0. The first-order valence-corrected chi connectivity index (χ1v) is 36.3. The van der Waals surface area contributed by atoms with Gasteiger partial charge in [-0.2, -0.15) is 0 Å². The largest absolute Gasteiger partial charge is 0.462 e. The maximum absolute atomic E-state index is 12.9. The Morgan fingerprint density at radius 2 is 0.488 bits per heavy atom. The third-order valence-corrected chi connectivity index (χ3v) is 16.3. The van der Waals surface area contributed by atoms with Gasteiger partial charge in [-0.15, -0.1) is 0 Å². The number of unbranched alkanes of at least 4 members (excludes halogenated alkanes) is 46. The summed E-state index contributed by atoms with van der Waals surface area (Å²) in [6.07, 6.45) is 91.3. The van der Waals surface area contributed by atoms with Crippen molar-refractivity contribution in [1.29, 1.82) is 0 Å². The lowest BCUT2D eigenvalue weighted by molar-refractivity contribution is -0.167. The summed E-state index contributed by atoms with van der Waals surface area (Å²) in [6.45, 7) is 6.55. The van der Waals surface area contributed by atoms with E-state index in [1.54, 1.807) is 0 Å². The van der Waals surface area contributed by atoms with Gasteiger partial charge in [-0.3, -0.25) is 14.4 Å². The maximum Gasteiger partial charge on any atom is 0.306 e. The summed E-state index contributed by atoms with van der Waals surface area (Å²) in [7, 11) is 0. The van der Waals surface area contributed by atoms with Crippen LogP contribution in [-0.4, -0.2) is 37.2 Å². The highest BCUT2D eigenvalue weighted by atomic mass is 16.6. The van der Waals surface area contributed by atoms with E-state index in [9.17, 15) is 14.4 Å². The zero-order valence-corrected chi connectivity index (χ0v) is 55.0. The second kappa shape index (κ2) is 70.6. The zero-order valence-electron chi connectivity index (χ0n) is 55.0. The Balaban J connectivity index is 4.05. The number of rotatable bonds is 67. The molecule has 0 saturated heterocycles. The van der Waals surface area contributed by atoms with Crippen LogP contribution in [0.5, 0.6) is 0 Å². The van der Waals surface area contributed by atoms with Crippen LogP contribution in [0.4, 0.5) is 0 Å². The smallest absolute Gasteiger partial charge is 0.306 e.